The molecule has 4 nitrogen and oxygen atoms in total. The summed E-state index contributed by atoms with van der Waals surface area (Å²) < 4.78 is 0. The lowest BCUT2D eigenvalue weighted by atomic mass is 9.45. The Bertz CT molecular complexity index is 652. The van der Waals surface area contributed by atoms with Gasteiger partial charge in [0, 0.05) is 17.8 Å². The van der Waals surface area contributed by atoms with Crippen molar-refractivity contribution in [2.75, 3.05) is 6.61 Å². The molecule has 4 rings (SSSR count). The number of carbonyl (C=O) groups excluding carboxylic acids is 2. The third-order valence-electron chi connectivity index (χ3n) is 8.69. The molecule has 0 aromatic rings. The fourth-order valence-corrected chi connectivity index (χ4v) is 7.16. The zero-order chi connectivity index (χ0) is 18.0. The zero-order valence-corrected chi connectivity index (χ0v) is 15.4. The molecule has 0 unspecified atom stereocenters. The molecule has 0 aromatic carbocycles. The van der Waals surface area contributed by atoms with Crippen LogP contribution in [0.15, 0.2) is 11.6 Å². The molecule has 0 heterocycles. The third kappa shape index (κ3) is 2.13. The maximum absolute atomic E-state index is 12.3. The monoisotopic (exact) mass is 346 g/mol. The largest absolute Gasteiger partial charge is 0.389 e. The number of aliphatic hydroxyl groups is 2. The van der Waals surface area contributed by atoms with Gasteiger partial charge in [-0.2, -0.15) is 0 Å². The first-order valence-electron chi connectivity index (χ1n) is 9.86. The number of aliphatic hydroxyl groups excluding tert-OH is 1. The van der Waals surface area contributed by atoms with E-state index in [2.05, 4.69) is 13.8 Å². The molecule has 4 heteroatoms. The Kier molecular flexibility index (Phi) is 3.83. The predicted octanol–water partition coefficient (Wildman–Crippen LogP) is 2.81. The third-order valence-corrected chi connectivity index (χ3v) is 8.69. The van der Waals surface area contributed by atoms with Crippen LogP contribution in [0.1, 0.15) is 65.2 Å². The maximum Gasteiger partial charge on any atom is 0.161 e. The highest BCUT2D eigenvalue weighted by atomic mass is 16.3. The molecule has 25 heavy (non-hydrogen) atoms. The Labute approximate surface area is 149 Å². The second-order valence-electron chi connectivity index (χ2n) is 9.40. The minimum atomic E-state index is -0.818. The summed E-state index contributed by atoms with van der Waals surface area (Å²) in [7, 11) is 0. The Hall–Kier alpha value is -1.00. The second-order valence-corrected chi connectivity index (χ2v) is 9.40. The van der Waals surface area contributed by atoms with Gasteiger partial charge >= 0.3 is 0 Å². The molecule has 0 radical (unpaired) electrons. The number of carbonyl (C=O) groups is 2. The van der Waals surface area contributed by atoms with Crippen LogP contribution in [-0.4, -0.2) is 34.0 Å². The second kappa shape index (κ2) is 5.50. The van der Waals surface area contributed by atoms with E-state index in [0.717, 1.165) is 32.1 Å². The molecule has 3 saturated carbocycles. The van der Waals surface area contributed by atoms with Crippen LogP contribution in [-0.2, 0) is 9.59 Å². The molecule has 0 amide bonds. The summed E-state index contributed by atoms with van der Waals surface area (Å²) in [6, 6.07) is 0. The molecule has 4 aliphatic carbocycles. The number of allylic oxidation sites excluding steroid dienone is 1. The lowest BCUT2D eigenvalue weighted by molar-refractivity contribution is -0.186. The topological polar surface area (TPSA) is 74.6 Å². The molecule has 0 saturated heterocycles. The van der Waals surface area contributed by atoms with Gasteiger partial charge in [0.15, 0.2) is 11.6 Å². The quantitative estimate of drug-likeness (QED) is 0.806. The highest BCUT2D eigenvalue weighted by molar-refractivity contribution is 5.91. The van der Waals surface area contributed by atoms with Crippen molar-refractivity contribution < 1.29 is 19.8 Å². The lowest BCUT2D eigenvalue weighted by Crippen LogP contribution is -2.61. The van der Waals surface area contributed by atoms with Crippen molar-refractivity contribution in [3.63, 3.8) is 0 Å². The molecule has 0 aliphatic heterocycles. The fourth-order valence-electron chi connectivity index (χ4n) is 7.16. The highest BCUT2D eigenvalue weighted by Gasteiger charge is 2.67. The van der Waals surface area contributed by atoms with E-state index in [9.17, 15) is 19.8 Å². The fraction of sp³-hybridized carbons (Fsp3) is 0.810. The van der Waals surface area contributed by atoms with Gasteiger partial charge in [0.25, 0.3) is 0 Å². The molecule has 0 bridgehead atoms. The average Bonchev–Trinajstić information content (AvgIpc) is 2.86. The maximum atomic E-state index is 12.3. The Morgan fingerprint density at radius 2 is 1.88 bits per heavy atom. The van der Waals surface area contributed by atoms with Gasteiger partial charge in [0.1, 0.15) is 6.61 Å². The Balaban J connectivity index is 1.71. The average molecular weight is 346 g/mol. The first kappa shape index (κ1) is 17.4. The van der Waals surface area contributed by atoms with E-state index in [0.29, 0.717) is 25.2 Å². The van der Waals surface area contributed by atoms with Gasteiger partial charge in [0.2, 0.25) is 0 Å². The molecule has 2 N–H and O–H groups in total. The van der Waals surface area contributed by atoms with E-state index in [4.69, 9.17) is 0 Å². The van der Waals surface area contributed by atoms with Crippen molar-refractivity contribution in [1.29, 1.82) is 0 Å². The summed E-state index contributed by atoms with van der Waals surface area (Å²) in [4.78, 5) is 24.2. The highest BCUT2D eigenvalue weighted by Crippen LogP contribution is 2.68. The van der Waals surface area contributed by atoms with E-state index in [-0.39, 0.29) is 28.8 Å². The molecule has 0 spiro atoms. The zero-order valence-electron chi connectivity index (χ0n) is 15.4. The van der Waals surface area contributed by atoms with Crippen molar-refractivity contribution in [2.24, 2.45) is 28.6 Å². The SMILES string of the molecule is C[C@@]12CC[C@@H]3[C@H](CCC4=CC(=O)CC[C@]43C)[C@@]1(O)CC[C@H]2C(=O)CO. The number of ketones is 2. The lowest BCUT2D eigenvalue weighted by Gasteiger charge is -2.61. The van der Waals surface area contributed by atoms with E-state index < -0.39 is 17.6 Å². The summed E-state index contributed by atoms with van der Waals surface area (Å²) in [5, 5.41) is 21.2. The summed E-state index contributed by atoms with van der Waals surface area (Å²) in [5.41, 5.74) is 0.0721. The van der Waals surface area contributed by atoms with Gasteiger partial charge in [-0.1, -0.05) is 19.4 Å². The smallest absolute Gasteiger partial charge is 0.161 e. The van der Waals surface area contributed by atoms with Crippen molar-refractivity contribution in [1.82, 2.24) is 0 Å². The van der Waals surface area contributed by atoms with Gasteiger partial charge in [-0.15, -0.1) is 0 Å². The van der Waals surface area contributed by atoms with Crippen LogP contribution in [0.2, 0.25) is 0 Å². The molecular weight excluding hydrogens is 316 g/mol. The summed E-state index contributed by atoms with van der Waals surface area (Å²) in [6.45, 7) is 3.95. The number of hydrogen-bond donors (Lipinski definition) is 2. The summed E-state index contributed by atoms with van der Waals surface area (Å²) in [6.07, 6.45) is 8.37. The van der Waals surface area contributed by atoms with Crippen LogP contribution in [0, 0.1) is 28.6 Å². The first-order chi connectivity index (χ1) is 11.8. The Morgan fingerprint density at radius 1 is 1.12 bits per heavy atom. The molecular formula is C21H30O4. The van der Waals surface area contributed by atoms with E-state index in [1.807, 2.05) is 6.08 Å². The van der Waals surface area contributed by atoms with Crippen LogP contribution in [0.25, 0.3) is 0 Å². The van der Waals surface area contributed by atoms with Crippen LogP contribution in [0.3, 0.4) is 0 Å². The minimum Gasteiger partial charge on any atom is -0.389 e. The van der Waals surface area contributed by atoms with Crippen LogP contribution in [0.4, 0.5) is 0 Å². The van der Waals surface area contributed by atoms with Crippen LogP contribution < -0.4 is 0 Å². The van der Waals surface area contributed by atoms with E-state index in [1.165, 1.54) is 5.57 Å². The minimum absolute atomic E-state index is 0.0208. The first-order valence-corrected chi connectivity index (χ1v) is 9.86. The van der Waals surface area contributed by atoms with Crippen molar-refractivity contribution >= 4 is 11.6 Å². The predicted molar refractivity (Wildman–Crippen MR) is 93.8 cm³/mol. The van der Waals surface area contributed by atoms with Crippen molar-refractivity contribution in [3.8, 4) is 0 Å². The van der Waals surface area contributed by atoms with Gasteiger partial charge < -0.3 is 10.2 Å². The summed E-state index contributed by atoms with van der Waals surface area (Å²) >= 11 is 0. The standard InChI is InChI=1S/C21H30O4/c1-19-8-5-14(23)11-13(19)3-4-16-15(19)6-9-20(2)17(18(24)12-22)7-10-21(16,20)25/h11,15-17,22,25H,3-10,12H2,1-2H3/t15-,16+,17+,19-,20+,21+/m1/s1. The van der Waals surface area contributed by atoms with E-state index >= 15 is 0 Å². The number of hydrogen-bond acceptors (Lipinski definition) is 4. The van der Waals surface area contributed by atoms with Crippen molar-refractivity contribution in [2.45, 2.75) is 70.8 Å². The van der Waals surface area contributed by atoms with Crippen LogP contribution in [0.5, 0.6) is 0 Å². The molecule has 4 aliphatic rings. The summed E-state index contributed by atoms with van der Waals surface area (Å²) in [5.74, 6) is 0.503. The molecule has 6 atom stereocenters. The molecule has 3 fully saturated rings. The van der Waals surface area contributed by atoms with Gasteiger partial charge in [0.05, 0.1) is 5.60 Å². The molecule has 0 aromatic heterocycles. The van der Waals surface area contributed by atoms with Crippen molar-refractivity contribution in [3.05, 3.63) is 11.6 Å². The normalized spacial score (nSPS) is 49.0. The van der Waals surface area contributed by atoms with Crippen LogP contribution >= 0.6 is 0 Å². The number of Topliss-reactive ketones (excluding diaryl/α,β-unsaturated/α-hetero) is 1. The van der Waals surface area contributed by atoms with Gasteiger partial charge in [-0.25, -0.2) is 0 Å². The molecule has 138 valence electrons. The van der Waals surface area contributed by atoms with Gasteiger partial charge in [-0.3, -0.25) is 9.59 Å². The van der Waals surface area contributed by atoms with Gasteiger partial charge in [-0.05, 0) is 68.3 Å². The van der Waals surface area contributed by atoms with E-state index in [1.54, 1.807) is 0 Å². The number of fused-ring (bicyclic) bond motifs is 5. The Morgan fingerprint density at radius 3 is 2.60 bits per heavy atom. The number of rotatable bonds is 2.